The largest absolute Gasteiger partial charge is 0.469 e. The van der Waals surface area contributed by atoms with Crippen LogP contribution in [0.4, 0.5) is 68.2 Å². The van der Waals surface area contributed by atoms with E-state index in [2.05, 4.69) is 432 Å². The Bertz CT molecular complexity index is 6720. The number of carbonyl (C=O) groups excluding carboxylic acids is 4. The van der Waals surface area contributed by atoms with Crippen molar-refractivity contribution in [3.63, 3.8) is 0 Å². The van der Waals surface area contributed by atoms with Gasteiger partial charge in [-0.2, -0.15) is 0 Å². The molecule has 640 valence electrons. The highest BCUT2D eigenvalue weighted by atomic mass is 16.6. The molecule has 0 aliphatic carbocycles. The van der Waals surface area contributed by atoms with Gasteiger partial charge in [-0.3, -0.25) is 14.4 Å². The number of Topliss-reactive ketones (excluding diaryl/α,β-unsaturated/α-hetero) is 1. The monoisotopic (exact) mass is 1700 g/mol. The third kappa shape index (κ3) is 20.4. The van der Waals surface area contributed by atoms with E-state index in [0.717, 1.165) is 158 Å². The first kappa shape index (κ1) is 86.4. The molecule has 0 atom stereocenters. The van der Waals surface area contributed by atoms with Crippen LogP contribution in [0, 0.1) is 0 Å². The predicted molar refractivity (Wildman–Crippen MR) is 534 cm³/mol. The highest BCUT2D eigenvalue weighted by Crippen LogP contribution is 2.46. The number of aryl methyl sites for hydroxylation is 4. The smallest absolute Gasteiger partial charge is 0.306 e. The van der Waals surface area contributed by atoms with Gasteiger partial charge in [0.15, 0.2) is 0 Å². The Morgan fingerprint density at radius 2 is 0.415 bits per heavy atom. The van der Waals surface area contributed by atoms with Crippen molar-refractivity contribution in [3.05, 3.63) is 435 Å². The maximum atomic E-state index is 12.3. The summed E-state index contributed by atoms with van der Waals surface area (Å²) in [5.74, 6) is -0.435. The van der Waals surface area contributed by atoms with Gasteiger partial charge in [0.2, 0.25) is 0 Å². The van der Waals surface area contributed by atoms with Gasteiger partial charge in [-0.15, -0.1) is 0 Å². The summed E-state index contributed by atoms with van der Waals surface area (Å²) in [6, 6.07) is 146. The third-order valence-corrected chi connectivity index (χ3v) is 24.0. The molecule has 0 unspecified atom stereocenters. The van der Waals surface area contributed by atoms with E-state index in [-0.39, 0.29) is 30.3 Å². The van der Waals surface area contributed by atoms with Gasteiger partial charge in [-0.25, -0.2) is 0 Å². The Labute approximate surface area is 760 Å². The number of ketones is 1. The van der Waals surface area contributed by atoms with Crippen LogP contribution in [0.1, 0.15) is 54.9 Å². The van der Waals surface area contributed by atoms with E-state index in [1.54, 1.807) is 14.0 Å². The molecule has 0 aliphatic rings. The van der Waals surface area contributed by atoms with Gasteiger partial charge in [-0.1, -0.05) is 291 Å². The Balaban J connectivity index is 0.000000182. The van der Waals surface area contributed by atoms with Crippen LogP contribution >= 0.6 is 0 Å². The van der Waals surface area contributed by atoms with Crippen LogP contribution < -0.4 is 19.6 Å². The van der Waals surface area contributed by atoms with Crippen molar-refractivity contribution in [2.24, 2.45) is 0 Å². The number of fused-ring (bicyclic) bond motifs is 4. The molecule has 12 nitrogen and oxygen atoms in total. The summed E-state index contributed by atoms with van der Waals surface area (Å²) in [4.78, 5) is 56.8. The maximum Gasteiger partial charge on any atom is 0.306 e. The van der Waals surface area contributed by atoms with E-state index in [0.29, 0.717) is 51.6 Å². The van der Waals surface area contributed by atoms with E-state index in [1.165, 1.54) is 41.2 Å². The molecule has 0 aliphatic heterocycles. The number of carbonyl (C=O) groups is 4. The minimum Gasteiger partial charge on any atom is -0.469 e. The summed E-state index contributed by atoms with van der Waals surface area (Å²) in [6.07, 6.45) is 4.15. The first-order chi connectivity index (χ1) is 63.9. The zero-order chi connectivity index (χ0) is 89.1. The minimum absolute atomic E-state index is 0.203. The fraction of sp³-hybridized carbons (Fsp3) is 0.119. The second-order valence-corrected chi connectivity index (χ2v) is 32.4. The highest BCUT2D eigenvalue weighted by molar-refractivity contribution is 6.03. The summed E-state index contributed by atoms with van der Waals surface area (Å²) < 4.78 is 20.0. The Morgan fingerprint density at radius 1 is 0.215 bits per heavy atom. The Kier molecular flexibility index (Phi) is 27.3. The Morgan fingerprint density at radius 3 is 0.638 bits per heavy atom. The number of esters is 3. The van der Waals surface area contributed by atoms with Crippen LogP contribution in [0.5, 0.6) is 0 Å². The quantitative estimate of drug-likeness (QED) is 0.0234. The van der Waals surface area contributed by atoms with Crippen molar-refractivity contribution < 1.29 is 38.1 Å². The molecule has 0 aromatic heterocycles. The van der Waals surface area contributed by atoms with Gasteiger partial charge >= 0.3 is 17.9 Å². The maximum absolute atomic E-state index is 12.3. The Hall–Kier alpha value is -15.8. The molecule has 18 aromatic carbocycles. The van der Waals surface area contributed by atoms with E-state index >= 15 is 0 Å². The number of hydrogen-bond donors (Lipinski definition) is 0. The molecular weight excluding hydrogens is 1600 g/mol. The lowest BCUT2D eigenvalue weighted by Crippen LogP contribution is -2.11. The van der Waals surface area contributed by atoms with Crippen LogP contribution in [0.2, 0.25) is 0 Å². The zero-order valence-corrected chi connectivity index (χ0v) is 73.4. The molecule has 0 spiro atoms. The fourth-order valence-electron chi connectivity index (χ4n) is 17.1. The average molecular weight is 1700 g/mol. The molecule has 0 radical (unpaired) electrons. The number of rotatable bonds is 31. The van der Waals surface area contributed by atoms with E-state index < -0.39 is 0 Å². The summed E-state index contributed by atoms with van der Waals surface area (Å²) in [7, 11) is 4.45. The number of benzene rings is 18. The van der Waals surface area contributed by atoms with Crippen molar-refractivity contribution in [1.29, 1.82) is 0 Å². The lowest BCUT2D eigenvalue weighted by molar-refractivity contribution is -0.145. The van der Waals surface area contributed by atoms with Crippen LogP contribution in [0.15, 0.2) is 413 Å². The molecule has 0 saturated heterocycles. The van der Waals surface area contributed by atoms with E-state index in [9.17, 15) is 19.2 Å². The first-order valence-corrected chi connectivity index (χ1v) is 44.2. The van der Waals surface area contributed by atoms with Crippen LogP contribution in [-0.4, -0.2) is 58.2 Å². The highest BCUT2D eigenvalue weighted by Gasteiger charge is 2.23. The van der Waals surface area contributed by atoms with Gasteiger partial charge in [0.1, 0.15) is 12.4 Å². The van der Waals surface area contributed by atoms with Crippen LogP contribution in [0.25, 0.3) is 87.6 Å². The molecule has 130 heavy (non-hydrogen) atoms. The number of hydrogen-bond acceptors (Lipinski definition) is 12. The zero-order valence-electron chi connectivity index (χ0n) is 73.4. The number of nitrogens with zero attached hydrogens (tertiary/aromatic N) is 4. The van der Waals surface area contributed by atoms with Crippen molar-refractivity contribution in [1.82, 2.24) is 0 Å². The standard InChI is InChI=1S/C60H52N2O4.C58H48N2O4/c1-43(63)17-18-44-19-32-52(33-20-44)61(58-15-7-11-50-9-3-5-13-56(50)58)54-36-28-48(29-37-54)46-24-26-47(27-25-46)49-30-38-55(39-31-49)62(59-16-8-12-51-10-4-6-14-57(51)59)53-34-21-45(22-35-53)23-40-60(64)66-42-41-65-2;1-63-57(61)39-21-41-17-31-49(32-18-41)59(55-15-7-11-47-9-3-5-13-53(47)55)51-35-27-45(28-36-51)43-23-25-44(26-24-43)46-29-37-52(38-30-46)60(56-16-8-12-48-10-4-6-14-54(48)56)50-33-19-42(20-34-50)22-40-58(62)64-2/h3-16,19-22,24-39H,17-18,23,40-42H2,1-2H3;3-20,23-38H,21-22,39-40H2,1-2H3. The van der Waals surface area contributed by atoms with E-state index in [1.807, 2.05) is 0 Å². The molecule has 0 saturated carbocycles. The third-order valence-electron chi connectivity index (χ3n) is 24.0. The van der Waals surface area contributed by atoms with Gasteiger partial charge in [0, 0.05) is 99.8 Å². The lowest BCUT2D eigenvalue weighted by atomic mass is 9.99. The van der Waals surface area contributed by atoms with Gasteiger partial charge in [0.25, 0.3) is 0 Å². The molecule has 0 bridgehead atoms. The van der Waals surface area contributed by atoms with Crippen LogP contribution in [0.3, 0.4) is 0 Å². The molecule has 18 aromatic rings. The van der Waals surface area contributed by atoms with Crippen molar-refractivity contribution >= 4 is 135 Å². The second-order valence-electron chi connectivity index (χ2n) is 32.4. The van der Waals surface area contributed by atoms with Gasteiger partial charge < -0.3 is 43.3 Å². The number of anilines is 12. The normalized spacial score (nSPS) is 11.1. The summed E-state index contributed by atoms with van der Waals surface area (Å²) >= 11 is 0. The summed E-state index contributed by atoms with van der Waals surface area (Å²) in [5, 5.41) is 9.37. The van der Waals surface area contributed by atoms with E-state index in [4.69, 9.17) is 18.9 Å². The molecule has 18 rings (SSSR count). The number of ether oxygens (including phenoxy) is 4. The van der Waals surface area contributed by atoms with Crippen molar-refractivity contribution in [3.8, 4) is 44.5 Å². The molecular formula is C118H100N4O8. The molecule has 0 heterocycles. The van der Waals surface area contributed by atoms with Crippen molar-refractivity contribution in [2.75, 3.05) is 54.1 Å². The lowest BCUT2D eigenvalue weighted by Gasteiger charge is -2.27. The first-order valence-electron chi connectivity index (χ1n) is 44.2. The predicted octanol–water partition coefficient (Wildman–Crippen LogP) is 29.4. The topological polar surface area (TPSA) is 118 Å². The van der Waals surface area contributed by atoms with Gasteiger partial charge in [-0.05, 0) is 242 Å². The average Bonchev–Trinajstić information content (AvgIpc) is 0.791. The second kappa shape index (κ2) is 41.1. The van der Waals surface area contributed by atoms with Crippen LogP contribution in [-0.2, 0) is 63.8 Å². The fourth-order valence-corrected chi connectivity index (χ4v) is 17.1. The molecule has 12 heteroatoms. The number of methoxy groups -OCH3 is 3. The van der Waals surface area contributed by atoms with Crippen molar-refractivity contribution in [2.45, 2.75) is 58.3 Å². The minimum atomic E-state index is -0.222. The molecule has 0 amide bonds. The van der Waals surface area contributed by atoms with Gasteiger partial charge in [0.05, 0.1) is 43.6 Å². The SMILES string of the molecule is COC(=O)CCc1ccc(N(c2ccc(-c3ccc(-c4ccc(N(c5ccc(CCC(=O)OC)cc5)c5cccc6ccccc56)cc4)cc3)cc2)c2cccc3ccccc23)cc1.COCCOC(=O)CCc1ccc(N(c2ccc(-c3ccc(-c4ccc(N(c5ccc(CCC(C)=O)cc5)c5cccc6ccccc56)cc4)cc3)cc2)c2cccc3ccccc23)cc1. The molecule has 0 fully saturated rings. The summed E-state index contributed by atoms with van der Waals surface area (Å²) in [6.45, 7) is 2.31. The molecule has 0 N–H and O–H groups in total. The summed E-state index contributed by atoms with van der Waals surface area (Å²) in [5.41, 5.74) is 26.2.